The largest absolute Gasteiger partial charge is 0.449 e. The Hall–Kier alpha value is -3.72. The zero-order chi connectivity index (χ0) is 24.4. The Balaban J connectivity index is 1.55. The number of nitrogens with zero attached hydrogens (tertiary/aromatic N) is 2. The minimum absolute atomic E-state index is 0.0810. The third-order valence-corrected chi connectivity index (χ3v) is 6.21. The van der Waals surface area contributed by atoms with Crippen molar-refractivity contribution in [2.45, 2.75) is 25.7 Å². The van der Waals surface area contributed by atoms with Gasteiger partial charge in [-0.15, -0.1) is 0 Å². The Bertz CT molecular complexity index is 1420. The van der Waals surface area contributed by atoms with Crippen molar-refractivity contribution in [3.05, 3.63) is 82.0 Å². The van der Waals surface area contributed by atoms with E-state index in [2.05, 4.69) is 5.32 Å². The zero-order valence-corrected chi connectivity index (χ0v) is 20.1. The number of nitrogens with one attached hydrogen (secondary N) is 1. The summed E-state index contributed by atoms with van der Waals surface area (Å²) < 4.78 is 14.3. The second kappa shape index (κ2) is 9.64. The summed E-state index contributed by atoms with van der Waals surface area (Å²) >= 11 is 1.55. The summed E-state index contributed by atoms with van der Waals surface area (Å²) in [6, 6.07) is 16.5. The molecular weight excluding hydrogens is 454 g/mol. The van der Waals surface area contributed by atoms with Crippen molar-refractivity contribution in [1.82, 2.24) is 9.36 Å². The maximum absolute atomic E-state index is 13.0. The molecule has 4 aromatic rings. The molecule has 1 unspecified atom stereocenters. The number of fused-ring (bicyclic) bond motifs is 1. The van der Waals surface area contributed by atoms with E-state index in [9.17, 15) is 14.4 Å². The molecule has 8 nitrogen and oxygen atoms in total. The zero-order valence-electron chi connectivity index (χ0n) is 19.3. The fraction of sp³-hybridized carbons (Fsp3) is 0.240. The van der Waals surface area contributed by atoms with E-state index >= 15 is 0 Å². The van der Waals surface area contributed by atoms with Crippen molar-refractivity contribution in [2.24, 2.45) is 7.05 Å². The molecule has 0 aliphatic carbocycles. The van der Waals surface area contributed by atoms with Gasteiger partial charge in [0.15, 0.2) is 6.10 Å². The second-order valence-electron chi connectivity index (χ2n) is 7.81. The molecular formula is C25H25N3O5S. The normalized spacial score (nSPS) is 12.0. The smallest absolute Gasteiger partial charge is 0.375 e. The van der Waals surface area contributed by atoms with E-state index in [1.165, 1.54) is 11.6 Å². The molecule has 0 saturated carbocycles. The standard InChI is InChI=1S/C25H25N3O5S/c1-15-21(24(30)28(27(15)3)17-10-6-5-7-11-17)26-23(29)16(2)32-25(31)22-19(14-34-4)18-12-8-9-13-20(18)33-22/h5-13,16H,14H2,1-4H3,(H,26,29). The number of ether oxygens (including phenoxy) is 1. The van der Waals surface area contributed by atoms with Crippen LogP contribution in [-0.4, -0.2) is 33.6 Å². The molecule has 1 N–H and O–H groups in total. The van der Waals surface area contributed by atoms with Crippen LogP contribution in [0.5, 0.6) is 0 Å². The highest BCUT2D eigenvalue weighted by Gasteiger charge is 2.27. The van der Waals surface area contributed by atoms with Gasteiger partial charge in [0.2, 0.25) is 5.76 Å². The number of aromatic nitrogens is 2. The van der Waals surface area contributed by atoms with Crippen LogP contribution in [-0.2, 0) is 22.3 Å². The Kier molecular flexibility index (Phi) is 6.65. The summed E-state index contributed by atoms with van der Waals surface area (Å²) in [7, 11) is 1.73. The highest BCUT2D eigenvalue weighted by Crippen LogP contribution is 2.29. The van der Waals surface area contributed by atoms with Crippen molar-refractivity contribution in [3.63, 3.8) is 0 Å². The lowest BCUT2D eigenvalue weighted by molar-refractivity contribution is -0.123. The SMILES string of the molecule is CSCc1c(C(=O)OC(C)C(=O)Nc2c(C)n(C)n(-c3ccccc3)c2=O)oc2ccccc12. The van der Waals surface area contributed by atoms with E-state index in [0.717, 1.165) is 10.9 Å². The molecule has 0 saturated heterocycles. The van der Waals surface area contributed by atoms with Gasteiger partial charge in [-0.2, -0.15) is 11.8 Å². The summed E-state index contributed by atoms with van der Waals surface area (Å²) in [5.41, 5.74) is 2.30. The van der Waals surface area contributed by atoms with Gasteiger partial charge in [-0.3, -0.25) is 14.3 Å². The first-order valence-corrected chi connectivity index (χ1v) is 12.1. The molecule has 0 radical (unpaired) electrons. The highest BCUT2D eigenvalue weighted by molar-refractivity contribution is 7.97. The topological polar surface area (TPSA) is 95.5 Å². The fourth-order valence-electron chi connectivity index (χ4n) is 3.76. The molecule has 0 aliphatic rings. The summed E-state index contributed by atoms with van der Waals surface area (Å²) in [4.78, 5) is 38.8. The van der Waals surface area contributed by atoms with Crippen molar-refractivity contribution < 1.29 is 18.7 Å². The number of carbonyl (C=O) groups is 2. The van der Waals surface area contributed by atoms with E-state index in [4.69, 9.17) is 9.15 Å². The van der Waals surface area contributed by atoms with E-state index in [1.54, 1.807) is 48.6 Å². The van der Waals surface area contributed by atoms with Crippen LogP contribution in [0, 0.1) is 6.92 Å². The molecule has 0 spiro atoms. The van der Waals surface area contributed by atoms with E-state index in [1.807, 2.05) is 42.7 Å². The van der Waals surface area contributed by atoms with Gasteiger partial charge in [-0.05, 0) is 38.3 Å². The maximum atomic E-state index is 13.0. The molecule has 0 aliphatic heterocycles. The van der Waals surface area contributed by atoms with Crippen molar-refractivity contribution in [3.8, 4) is 5.69 Å². The first kappa shape index (κ1) is 23.4. The number of benzene rings is 2. The van der Waals surface area contributed by atoms with E-state index < -0.39 is 18.0 Å². The Labute approximate surface area is 200 Å². The summed E-state index contributed by atoms with van der Waals surface area (Å²) in [5.74, 6) is -0.696. The average molecular weight is 480 g/mol. The molecule has 0 fully saturated rings. The Morgan fingerprint density at radius 3 is 2.50 bits per heavy atom. The molecule has 9 heteroatoms. The predicted molar refractivity (Wildman–Crippen MR) is 133 cm³/mol. The number of thioether (sulfide) groups is 1. The number of carbonyl (C=O) groups excluding carboxylic acids is 2. The lowest BCUT2D eigenvalue weighted by Gasteiger charge is -2.12. The number of furan rings is 1. The van der Waals surface area contributed by atoms with Gasteiger partial charge in [0.05, 0.1) is 11.4 Å². The number of esters is 1. The van der Waals surface area contributed by atoms with Gasteiger partial charge < -0.3 is 14.5 Å². The van der Waals surface area contributed by atoms with Crippen LogP contribution in [0.2, 0.25) is 0 Å². The van der Waals surface area contributed by atoms with Crippen molar-refractivity contribution in [2.75, 3.05) is 11.6 Å². The fourth-order valence-corrected chi connectivity index (χ4v) is 4.33. The third kappa shape index (κ3) is 4.26. The molecule has 4 rings (SSSR count). The van der Waals surface area contributed by atoms with Gasteiger partial charge in [0, 0.05) is 23.8 Å². The number of para-hydroxylation sites is 2. The molecule has 0 bridgehead atoms. The van der Waals surface area contributed by atoms with Crippen LogP contribution in [0.4, 0.5) is 5.69 Å². The lowest BCUT2D eigenvalue weighted by Crippen LogP contribution is -2.32. The number of hydrogen-bond acceptors (Lipinski definition) is 6. The van der Waals surface area contributed by atoms with Crippen LogP contribution >= 0.6 is 11.8 Å². The van der Waals surface area contributed by atoms with Crippen molar-refractivity contribution >= 4 is 40.3 Å². The minimum Gasteiger partial charge on any atom is -0.449 e. The molecule has 2 aromatic carbocycles. The predicted octanol–water partition coefficient (Wildman–Crippen LogP) is 4.28. The molecule has 2 heterocycles. The molecule has 1 atom stereocenters. The Morgan fingerprint density at radius 1 is 1.12 bits per heavy atom. The van der Waals surface area contributed by atoms with Gasteiger partial charge in [0.25, 0.3) is 11.5 Å². The minimum atomic E-state index is -1.15. The Morgan fingerprint density at radius 2 is 1.79 bits per heavy atom. The first-order valence-electron chi connectivity index (χ1n) is 10.7. The quantitative estimate of drug-likeness (QED) is 0.398. The first-order chi connectivity index (χ1) is 16.3. The molecule has 2 aromatic heterocycles. The molecule has 1 amide bonds. The third-order valence-electron chi connectivity index (χ3n) is 5.63. The molecule has 176 valence electrons. The van der Waals surface area contributed by atoms with Crippen LogP contribution in [0.25, 0.3) is 16.7 Å². The van der Waals surface area contributed by atoms with Crippen LogP contribution in [0.3, 0.4) is 0 Å². The monoisotopic (exact) mass is 479 g/mol. The maximum Gasteiger partial charge on any atom is 0.375 e. The van der Waals surface area contributed by atoms with Gasteiger partial charge in [-0.1, -0.05) is 36.4 Å². The van der Waals surface area contributed by atoms with Gasteiger partial charge in [0.1, 0.15) is 11.3 Å². The lowest BCUT2D eigenvalue weighted by atomic mass is 10.1. The molecule has 34 heavy (non-hydrogen) atoms. The summed E-state index contributed by atoms with van der Waals surface area (Å²) in [5, 5.41) is 3.46. The van der Waals surface area contributed by atoms with Crippen molar-refractivity contribution in [1.29, 1.82) is 0 Å². The highest BCUT2D eigenvalue weighted by atomic mass is 32.2. The number of amides is 1. The second-order valence-corrected chi connectivity index (χ2v) is 8.68. The number of anilines is 1. The van der Waals surface area contributed by atoms with E-state index in [-0.39, 0.29) is 17.0 Å². The van der Waals surface area contributed by atoms with E-state index in [0.29, 0.717) is 22.7 Å². The van der Waals surface area contributed by atoms with Crippen LogP contribution in [0.1, 0.15) is 28.7 Å². The average Bonchev–Trinajstić information content (AvgIpc) is 3.30. The van der Waals surface area contributed by atoms with Gasteiger partial charge >= 0.3 is 5.97 Å². The summed E-state index contributed by atoms with van der Waals surface area (Å²) in [6.07, 6.45) is 0.782. The van der Waals surface area contributed by atoms with Crippen LogP contribution in [0.15, 0.2) is 63.8 Å². The van der Waals surface area contributed by atoms with Crippen LogP contribution < -0.4 is 10.9 Å². The summed E-state index contributed by atoms with van der Waals surface area (Å²) in [6.45, 7) is 3.19. The van der Waals surface area contributed by atoms with Gasteiger partial charge in [-0.25, -0.2) is 9.48 Å². The number of hydrogen-bond donors (Lipinski definition) is 1. The number of rotatable bonds is 7.